The van der Waals surface area contributed by atoms with Crippen LogP contribution in [0.1, 0.15) is 18.4 Å². The van der Waals surface area contributed by atoms with Crippen LogP contribution >= 0.6 is 0 Å². The normalized spacial score (nSPS) is 23.6. The molecule has 2 fully saturated rings. The van der Waals surface area contributed by atoms with E-state index in [1.54, 1.807) is 0 Å². The van der Waals surface area contributed by atoms with Gasteiger partial charge in [0.1, 0.15) is 0 Å². The SMILES string of the molecule is C=C1NCC2(CC2)c2cc(N3CCNCC3)ccc2N1. The van der Waals surface area contributed by atoms with Gasteiger partial charge in [0.05, 0.1) is 5.82 Å². The number of nitrogens with zero attached hydrogens (tertiary/aromatic N) is 1. The lowest BCUT2D eigenvalue weighted by atomic mass is 9.93. The van der Waals surface area contributed by atoms with Gasteiger partial charge >= 0.3 is 0 Å². The van der Waals surface area contributed by atoms with E-state index in [0.29, 0.717) is 5.41 Å². The molecule has 0 atom stereocenters. The Morgan fingerprint density at radius 1 is 1.15 bits per heavy atom. The molecule has 20 heavy (non-hydrogen) atoms. The lowest BCUT2D eigenvalue weighted by Gasteiger charge is -2.30. The Morgan fingerprint density at radius 3 is 2.70 bits per heavy atom. The van der Waals surface area contributed by atoms with Crippen LogP contribution in [0, 0.1) is 0 Å². The molecule has 0 aromatic heterocycles. The molecular formula is C16H22N4. The van der Waals surface area contributed by atoms with Crippen molar-refractivity contribution in [1.29, 1.82) is 0 Å². The van der Waals surface area contributed by atoms with Crippen LogP contribution in [0.25, 0.3) is 0 Å². The molecule has 0 amide bonds. The average Bonchev–Trinajstić information content (AvgIpc) is 3.29. The molecule has 3 aliphatic rings. The predicted octanol–water partition coefficient (Wildman–Crippen LogP) is 1.61. The molecule has 0 bridgehead atoms. The molecule has 2 heterocycles. The highest BCUT2D eigenvalue weighted by Crippen LogP contribution is 2.52. The van der Waals surface area contributed by atoms with Gasteiger partial charge in [-0.3, -0.25) is 0 Å². The van der Waals surface area contributed by atoms with Gasteiger partial charge in [-0.05, 0) is 36.6 Å². The molecule has 1 spiro atoms. The van der Waals surface area contributed by atoms with E-state index in [4.69, 9.17) is 0 Å². The zero-order chi connectivity index (χ0) is 13.6. The Labute approximate surface area is 120 Å². The minimum Gasteiger partial charge on any atom is -0.371 e. The summed E-state index contributed by atoms with van der Waals surface area (Å²) in [5, 5.41) is 10.2. The third kappa shape index (κ3) is 1.95. The van der Waals surface area contributed by atoms with Crippen LogP contribution in [-0.2, 0) is 5.41 Å². The Balaban J connectivity index is 1.71. The molecule has 0 unspecified atom stereocenters. The second-order valence-electron chi connectivity index (χ2n) is 6.20. The van der Waals surface area contributed by atoms with Gasteiger partial charge in [-0.15, -0.1) is 0 Å². The fourth-order valence-electron chi connectivity index (χ4n) is 3.37. The van der Waals surface area contributed by atoms with Crippen LogP contribution in [0.15, 0.2) is 30.6 Å². The second kappa shape index (κ2) is 4.42. The third-order valence-corrected chi connectivity index (χ3v) is 4.84. The molecule has 1 aromatic rings. The minimum absolute atomic E-state index is 0.339. The van der Waals surface area contributed by atoms with Crippen molar-refractivity contribution in [2.24, 2.45) is 0 Å². The zero-order valence-corrected chi connectivity index (χ0v) is 11.8. The van der Waals surface area contributed by atoms with Crippen molar-refractivity contribution in [1.82, 2.24) is 10.6 Å². The van der Waals surface area contributed by atoms with Crippen LogP contribution in [0.3, 0.4) is 0 Å². The Morgan fingerprint density at radius 2 is 1.95 bits per heavy atom. The number of anilines is 2. The largest absolute Gasteiger partial charge is 0.371 e. The summed E-state index contributed by atoms with van der Waals surface area (Å²) in [6, 6.07) is 6.87. The Hall–Kier alpha value is -1.68. The van der Waals surface area contributed by atoms with E-state index in [2.05, 4.69) is 45.6 Å². The van der Waals surface area contributed by atoms with Crippen molar-refractivity contribution < 1.29 is 0 Å². The van der Waals surface area contributed by atoms with Crippen molar-refractivity contribution in [3.05, 3.63) is 36.2 Å². The lowest BCUT2D eigenvalue weighted by molar-refractivity contribution is 0.588. The molecule has 1 saturated heterocycles. The predicted molar refractivity (Wildman–Crippen MR) is 83.2 cm³/mol. The van der Waals surface area contributed by atoms with E-state index < -0.39 is 0 Å². The smallest absolute Gasteiger partial charge is 0.0957 e. The first-order valence-electron chi connectivity index (χ1n) is 7.57. The van der Waals surface area contributed by atoms with Crippen molar-refractivity contribution in [3.63, 3.8) is 0 Å². The number of nitrogens with one attached hydrogen (secondary N) is 3. The minimum atomic E-state index is 0.339. The van der Waals surface area contributed by atoms with E-state index in [9.17, 15) is 0 Å². The van der Waals surface area contributed by atoms with Gasteiger partial charge in [-0.1, -0.05) is 6.58 Å². The summed E-state index contributed by atoms with van der Waals surface area (Å²) >= 11 is 0. The van der Waals surface area contributed by atoms with Gasteiger partial charge in [0.25, 0.3) is 0 Å². The maximum Gasteiger partial charge on any atom is 0.0957 e. The van der Waals surface area contributed by atoms with Gasteiger partial charge in [-0.25, -0.2) is 0 Å². The number of benzene rings is 1. The molecule has 1 saturated carbocycles. The quantitative estimate of drug-likeness (QED) is 0.725. The molecular weight excluding hydrogens is 248 g/mol. The number of hydrogen-bond donors (Lipinski definition) is 3. The van der Waals surface area contributed by atoms with Gasteiger partial charge in [0.15, 0.2) is 0 Å². The summed E-state index contributed by atoms with van der Waals surface area (Å²) in [7, 11) is 0. The molecule has 1 aromatic carbocycles. The van der Waals surface area contributed by atoms with Crippen LogP contribution in [0.2, 0.25) is 0 Å². The summed E-state index contributed by atoms with van der Waals surface area (Å²) in [4.78, 5) is 2.49. The molecule has 1 aliphatic carbocycles. The highest BCUT2D eigenvalue weighted by atomic mass is 15.2. The van der Waals surface area contributed by atoms with E-state index in [1.165, 1.54) is 29.8 Å². The summed E-state index contributed by atoms with van der Waals surface area (Å²) in [5.41, 5.74) is 4.41. The van der Waals surface area contributed by atoms with Gasteiger partial charge in [-0.2, -0.15) is 0 Å². The summed E-state index contributed by atoms with van der Waals surface area (Å²) in [6.07, 6.45) is 2.57. The number of rotatable bonds is 1. The van der Waals surface area contributed by atoms with E-state index in [-0.39, 0.29) is 0 Å². The van der Waals surface area contributed by atoms with E-state index in [1.807, 2.05) is 0 Å². The molecule has 4 heteroatoms. The fraction of sp³-hybridized carbons (Fsp3) is 0.500. The molecule has 0 radical (unpaired) electrons. The average molecular weight is 270 g/mol. The molecule has 4 rings (SSSR count). The Kier molecular flexibility index (Phi) is 2.67. The van der Waals surface area contributed by atoms with Crippen LogP contribution < -0.4 is 20.9 Å². The number of hydrogen-bond acceptors (Lipinski definition) is 4. The van der Waals surface area contributed by atoms with Crippen LogP contribution in [0.5, 0.6) is 0 Å². The fourth-order valence-corrected chi connectivity index (χ4v) is 3.37. The maximum absolute atomic E-state index is 4.04. The summed E-state index contributed by atoms with van der Waals surface area (Å²) in [6.45, 7) is 9.42. The number of fused-ring (bicyclic) bond motifs is 2. The Bertz CT molecular complexity index is 541. The van der Waals surface area contributed by atoms with Crippen molar-refractivity contribution >= 4 is 11.4 Å². The third-order valence-electron chi connectivity index (χ3n) is 4.84. The molecule has 2 aliphatic heterocycles. The van der Waals surface area contributed by atoms with E-state index >= 15 is 0 Å². The molecule has 4 nitrogen and oxygen atoms in total. The first-order chi connectivity index (χ1) is 9.77. The zero-order valence-electron chi connectivity index (χ0n) is 11.8. The van der Waals surface area contributed by atoms with Crippen molar-refractivity contribution in [3.8, 4) is 0 Å². The van der Waals surface area contributed by atoms with Crippen LogP contribution in [-0.4, -0.2) is 32.7 Å². The van der Waals surface area contributed by atoms with Crippen molar-refractivity contribution in [2.75, 3.05) is 42.9 Å². The van der Waals surface area contributed by atoms with E-state index in [0.717, 1.165) is 38.5 Å². The second-order valence-corrected chi connectivity index (χ2v) is 6.20. The summed E-state index contributed by atoms with van der Waals surface area (Å²) < 4.78 is 0. The first-order valence-corrected chi connectivity index (χ1v) is 7.57. The van der Waals surface area contributed by atoms with Gasteiger partial charge in [0.2, 0.25) is 0 Å². The number of piperazine rings is 1. The van der Waals surface area contributed by atoms with Crippen LogP contribution in [0.4, 0.5) is 11.4 Å². The van der Waals surface area contributed by atoms with Gasteiger partial charge < -0.3 is 20.9 Å². The lowest BCUT2D eigenvalue weighted by Crippen LogP contribution is -2.43. The van der Waals surface area contributed by atoms with Crippen molar-refractivity contribution in [2.45, 2.75) is 18.3 Å². The standard InChI is InChI=1S/C16H22N4/c1-12-18-11-16(4-5-16)14-10-13(2-3-15(14)19-12)20-8-6-17-7-9-20/h2-3,10,17-19H,1,4-9,11H2. The first kappa shape index (κ1) is 12.1. The summed E-state index contributed by atoms with van der Waals surface area (Å²) in [5.74, 6) is 0.921. The molecule has 106 valence electrons. The monoisotopic (exact) mass is 270 g/mol. The van der Waals surface area contributed by atoms with Gasteiger partial charge in [0, 0.05) is 49.5 Å². The maximum atomic E-state index is 4.04. The molecule has 3 N–H and O–H groups in total. The topological polar surface area (TPSA) is 39.3 Å². The highest BCUT2D eigenvalue weighted by molar-refractivity contribution is 5.67. The highest BCUT2D eigenvalue weighted by Gasteiger charge is 2.46.